The Labute approximate surface area is 96.0 Å². The SMILES string of the molecule is CC1CC(O)(c2c(Br)cnn2C)CS1. The van der Waals surface area contributed by atoms with Crippen LogP contribution in [0.25, 0.3) is 0 Å². The van der Waals surface area contributed by atoms with Crippen LogP contribution in [0.4, 0.5) is 0 Å². The van der Waals surface area contributed by atoms with Crippen molar-refractivity contribution in [2.24, 2.45) is 7.05 Å². The largest absolute Gasteiger partial charge is 0.383 e. The fourth-order valence-electron chi connectivity index (χ4n) is 1.97. The molecule has 0 spiro atoms. The summed E-state index contributed by atoms with van der Waals surface area (Å²) in [4.78, 5) is 0. The van der Waals surface area contributed by atoms with Crippen molar-refractivity contribution in [2.45, 2.75) is 24.2 Å². The fraction of sp³-hybridized carbons (Fsp3) is 0.667. The van der Waals surface area contributed by atoms with E-state index < -0.39 is 5.60 Å². The van der Waals surface area contributed by atoms with E-state index in [9.17, 15) is 5.11 Å². The van der Waals surface area contributed by atoms with Crippen LogP contribution in [-0.4, -0.2) is 25.9 Å². The Morgan fingerprint density at radius 1 is 1.79 bits per heavy atom. The molecule has 0 bridgehead atoms. The van der Waals surface area contributed by atoms with Gasteiger partial charge in [0, 0.05) is 18.1 Å². The zero-order valence-electron chi connectivity index (χ0n) is 8.20. The van der Waals surface area contributed by atoms with Crippen LogP contribution in [0.1, 0.15) is 19.0 Å². The lowest BCUT2D eigenvalue weighted by Crippen LogP contribution is -2.29. The Bertz CT molecular complexity index is 335. The van der Waals surface area contributed by atoms with Crippen molar-refractivity contribution < 1.29 is 5.11 Å². The van der Waals surface area contributed by atoms with Crippen molar-refractivity contribution in [3.63, 3.8) is 0 Å². The van der Waals surface area contributed by atoms with Gasteiger partial charge in [-0.3, -0.25) is 4.68 Å². The van der Waals surface area contributed by atoms with Gasteiger partial charge in [-0.1, -0.05) is 6.92 Å². The maximum absolute atomic E-state index is 10.5. The van der Waals surface area contributed by atoms with E-state index in [-0.39, 0.29) is 0 Å². The normalized spacial score (nSPS) is 32.4. The van der Waals surface area contributed by atoms with Gasteiger partial charge in [-0.25, -0.2) is 0 Å². The minimum atomic E-state index is -0.714. The number of nitrogens with zero attached hydrogens (tertiary/aromatic N) is 2. The van der Waals surface area contributed by atoms with Gasteiger partial charge < -0.3 is 5.11 Å². The Morgan fingerprint density at radius 3 is 2.93 bits per heavy atom. The Kier molecular flexibility index (Phi) is 2.66. The van der Waals surface area contributed by atoms with Crippen molar-refractivity contribution in [3.8, 4) is 0 Å². The van der Waals surface area contributed by atoms with Crippen molar-refractivity contribution in [2.75, 3.05) is 5.75 Å². The zero-order valence-corrected chi connectivity index (χ0v) is 10.6. The molecule has 1 N–H and O–H groups in total. The van der Waals surface area contributed by atoms with E-state index in [2.05, 4.69) is 28.0 Å². The lowest BCUT2D eigenvalue weighted by molar-refractivity contribution is 0.0518. The summed E-state index contributed by atoms with van der Waals surface area (Å²) in [5.74, 6) is 0.756. The smallest absolute Gasteiger partial charge is 0.117 e. The first-order valence-electron chi connectivity index (χ1n) is 4.55. The molecule has 2 rings (SSSR count). The summed E-state index contributed by atoms with van der Waals surface area (Å²) in [7, 11) is 1.87. The first-order valence-corrected chi connectivity index (χ1v) is 6.39. The monoisotopic (exact) mass is 276 g/mol. The zero-order chi connectivity index (χ0) is 10.3. The molecule has 1 aliphatic heterocycles. The van der Waals surface area contributed by atoms with Crippen LogP contribution >= 0.6 is 27.7 Å². The lowest BCUT2D eigenvalue weighted by atomic mass is 9.97. The fourth-order valence-corrected chi connectivity index (χ4v) is 3.90. The molecule has 0 aromatic carbocycles. The maximum Gasteiger partial charge on any atom is 0.117 e. The molecule has 2 unspecified atom stereocenters. The number of halogens is 1. The Morgan fingerprint density at radius 2 is 2.50 bits per heavy atom. The van der Waals surface area contributed by atoms with E-state index in [0.29, 0.717) is 5.25 Å². The van der Waals surface area contributed by atoms with Crippen molar-refractivity contribution in [1.82, 2.24) is 9.78 Å². The van der Waals surface area contributed by atoms with Crippen molar-refractivity contribution in [3.05, 3.63) is 16.4 Å². The van der Waals surface area contributed by atoms with Gasteiger partial charge in [0.2, 0.25) is 0 Å². The predicted molar refractivity (Wildman–Crippen MR) is 61.3 cm³/mol. The van der Waals surface area contributed by atoms with Crippen LogP contribution in [0.3, 0.4) is 0 Å². The second kappa shape index (κ2) is 3.54. The average molecular weight is 277 g/mol. The third-order valence-corrected chi connectivity index (χ3v) is 4.53. The molecule has 0 aliphatic carbocycles. The molecule has 1 saturated heterocycles. The summed E-state index contributed by atoms with van der Waals surface area (Å²) < 4.78 is 2.65. The number of rotatable bonds is 1. The second-order valence-corrected chi connectivity index (χ2v) is 6.10. The van der Waals surface area contributed by atoms with Crippen LogP contribution in [0.5, 0.6) is 0 Å². The van der Waals surface area contributed by atoms with Gasteiger partial charge in [-0.2, -0.15) is 16.9 Å². The topological polar surface area (TPSA) is 38.1 Å². The van der Waals surface area contributed by atoms with Crippen LogP contribution in [0.2, 0.25) is 0 Å². The van der Waals surface area contributed by atoms with E-state index in [1.807, 2.05) is 18.8 Å². The molecule has 2 atom stereocenters. The molecule has 5 heteroatoms. The Balaban J connectivity index is 2.39. The van der Waals surface area contributed by atoms with E-state index in [0.717, 1.165) is 22.3 Å². The molecule has 14 heavy (non-hydrogen) atoms. The van der Waals surface area contributed by atoms with E-state index in [1.165, 1.54) is 0 Å². The number of aryl methyl sites for hydroxylation is 1. The van der Waals surface area contributed by atoms with Crippen molar-refractivity contribution >= 4 is 27.7 Å². The highest BCUT2D eigenvalue weighted by atomic mass is 79.9. The molecule has 2 heterocycles. The quantitative estimate of drug-likeness (QED) is 0.852. The number of hydrogen-bond acceptors (Lipinski definition) is 3. The van der Waals surface area contributed by atoms with Gasteiger partial charge >= 0.3 is 0 Å². The van der Waals surface area contributed by atoms with Gasteiger partial charge in [-0.15, -0.1) is 0 Å². The van der Waals surface area contributed by atoms with Crippen LogP contribution in [0.15, 0.2) is 10.7 Å². The molecule has 1 aromatic heterocycles. The summed E-state index contributed by atoms with van der Waals surface area (Å²) >= 11 is 5.24. The van der Waals surface area contributed by atoms with Crippen LogP contribution < -0.4 is 0 Å². The van der Waals surface area contributed by atoms with Gasteiger partial charge in [0.25, 0.3) is 0 Å². The average Bonchev–Trinajstić information content (AvgIpc) is 2.58. The molecular weight excluding hydrogens is 264 g/mol. The standard InChI is InChI=1S/C9H13BrN2OS/c1-6-3-9(13,5-14-6)8-7(10)4-11-12(8)2/h4,6,13H,3,5H2,1-2H3. The third-order valence-electron chi connectivity index (χ3n) is 2.57. The first-order chi connectivity index (χ1) is 6.53. The van der Waals surface area contributed by atoms with E-state index >= 15 is 0 Å². The first kappa shape index (κ1) is 10.5. The highest BCUT2D eigenvalue weighted by molar-refractivity contribution is 9.10. The number of thioether (sulfide) groups is 1. The summed E-state index contributed by atoms with van der Waals surface area (Å²) in [6.45, 7) is 2.15. The third kappa shape index (κ3) is 1.61. The highest BCUT2D eigenvalue weighted by Gasteiger charge is 2.41. The van der Waals surface area contributed by atoms with Gasteiger partial charge in [0.05, 0.1) is 16.4 Å². The maximum atomic E-state index is 10.5. The highest BCUT2D eigenvalue weighted by Crippen LogP contribution is 2.43. The van der Waals surface area contributed by atoms with E-state index in [1.54, 1.807) is 10.9 Å². The van der Waals surface area contributed by atoms with E-state index in [4.69, 9.17) is 0 Å². The molecule has 0 radical (unpaired) electrons. The molecule has 3 nitrogen and oxygen atoms in total. The lowest BCUT2D eigenvalue weighted by Gasteiger charge is -2.22. The van der Waals surface area contributed by atoms with Gasteiger partial charge in [-0.05, 0) is 22.4 Å². The molecular formula is C9H13BrN2OS. The number of aromatic nitrogens is 2. The molecule has 78 valence electrons. The summed E-state index contributed by atoms with van der Waals surface area (Å²) in [6, 6.07) is 0. The second-order valence-electron chi connectivity index (χ2n) is 3.82. The van der Waals surface area contributed by atoms with Crippen molar-refractivity contribution in [1.29, 1.82) is 0 Å². The molecule has 0 saturated carbocycles. The summed E-state index contributed by atoms with van der Waals surface area (Å²) in [5.41, 5.74) is 0.183. The van der Waals surface area contributed by atoms with Gasteiger partial charge in [0.15, 0.2) is 0 Å². The summed E-state index contributed by atoms with van der Waals surface area (Å²) in [6.07, 6.45) is 2.54. The minimum Gasteiger partial charge on any atom is -0.383 e. The number of hydrogen-bond donors (Lipinski definition) is 1. The van der Waals surface area contributed by atoms with Crippen LogP contribution in [-0.2, 0) is 12.6 Å². The molecule has 1 fully saturated rings. The molecule has 0 amide bonds. The number of aliphatic hydroxyl groups is 1. The Hall–Kier alpha value is -0.000000000000000111. The molecule has 1 aromatic rings. The summed E-state index contributed by atoms with van der Waals surface area (Å²) in [5, 5.41) is 15.1. The predicted octanol–water partition coefficient (Wildman–Crippen LogP) is 1.90. The minimum absolute atomic E-state index is 0.516. The molecule has 1 aliphatic rings. The van der Waals surface area contributed by atoms with Gasteiger partial charge in [0.1, 0.15) is 5.60 Å². The van der Waals surface area contributed by atoms with Crippen LogP contribution in [0, 0.1) is 0 Å².